The minimum Gasteiger partial charge on any atom is -0.375 e. The van der Waals surface area contributed by atoms with Gasteiger partial charge in [-0.3, -0.25) is 0 Å². The number of nitriles is 2. The predicted molar refractivity (Wildman–Crippen MR) is 70.1 cm³/mol. The van der Waals surface area contributed by atoms with E-state index in [1.807, 2.05) is 56.7 Å². The molecule has 18 heavy (non-hydrogen) atoms. The summed E-state index contributed by atoms with van der Waals surface area (Å²) in [5.41, 5.74) is 2.61. The molecule has 0 fully saturated rings. The Morgan fingerprint density at radius 3 is 2.44 bits per heavy atom. The number of hydrogen-bond acceptors (Lipinski definition) is 3. The molecule has 0 bridgehead atoms. The fourth-order valence-electron chi connectivity index (χ4n) is 2.00. The van der Waals surface area contributed by atoms with E-state index in [4.69, 9.17) is 10.5 Å². The van der Waals surface area contributed by atoms with Gasteiger partial charge in [-0.05, 0) is 6.07 Å². The van der Waals surface area contributed by atoms with Crippen LogP contribution in [0.2, 0.25) is 0 Å². The van der Waals surface area contributed by atoms with Crippen molar-refractivity contribution in [3.8, 4) is 12.1 Å². The second kappa shape index (κ2) is 4.65. The van der Waals surface area contributed by atoms with Crippen LogP contribution in [0.5, 0.6) is 0 Å². The summed E-state index contributed by atoms with van der Waals surface area (Å²) in [5.74, 6) is 0. The van der Waals surface area contributed by atoms with E-state index in [9.17, 15) is 0 Å². The summed E-state index contributed by atoms with van der Waals surface area (Å²) in [7, 11) is 3.65. The van der Waals surface area contributed by atoms with E-state index in [2.05, 4.69) is 4.98 Å². The molecular formula is C14H12N4. The van der Waals surface area contributed by atoms with Crippen molar-refractivity contribution in [3.63, 3.8) is 0 Å². The van der Waals surface area contributed by atoms with Crippen molar-refractivity contribution >= 4 is 16.6 Å². The van der Waals surface area contributed by atoms with Crippen molar-refractivity contribution < 1.29 is 0 Å². The third kappa shape index (κ3) is 1.81. The molecule has 88 valence electrons. The van der Waals surface area contributed by atoms with Crippen molar-refractivity contribution in [3.05, 3.63) is 41.6 Å². The number of benzene rings is 1. The highest BCUT2D eigenvalue weighted by Crippen LogP contribution is 2.28. The minimum atomic E-state index is 0.116. The lowest BCUT2D eigenvalue weighted by Gasteiger charge is -2.16. The first-order valence-corrected chi connectivity index (χ1v) is 5.47. The second-order valence-electron chi connectivity index (χ2n) is 4.09. The van der Waals surface area contributed by atoms with E-state index >= 15 is 0 Å². The first-order chi connectivity index (χ1) is 8.69. The Balaban J connectivity index is 2.77. The van der Waals surface area contributed by atoms with E-state index in [-0.39, 0.29) is 5.57 Å². The topological polar surface area (TPSA) is 66.6 Å². The van der Waals surface area contributed by atoms with Gasteiger partial charge in [-0.15, -0.1) is 0 Å². The zero-order valence-electron chi connectivity index (χ0n) is 10.2. The van der Waals surface area contributed by atoms with Crippen molar-refractivity contribution in [2.24, 2.45) is 0 Å². The molecule has 0 unspecified atom stereocenters. The molecule has 1 aromatic carbocycles. The van der Waals surface area contributed by atoms with Gasteiger partial charge in [0.1, 0.15) is 12.1 Å². The van der Waals surface area contributed by atoms with Crippen LogP contribution in [0.4, 0.5) is 0 Å². The molecule has 0 aliphatic heterocycles. The number of rotatable bonds is 2. The third-order valence-corrected chi connectivity index (χ3v) is 2.75. The van der Waals surface area contributed by atoms with Crippen LogP contribution in [0, 0.1) is 22.7 Å². The van der Waals surface area contributed by atoms with Gasteiger partial charge in [0.05, 0.1) is 5.70 Å². The molecule has 1 aromatic heterocycles. The largest absolute Gasteiger partial charge is 0.375 e. The van der Waals surface area contributed by atoms with Gasteiger partial charge < -0.3 is 9.88 Å². The Labute approximate surface area is 105 Å². The highest BCUT2D eigenvalue weighted by molar-refractivity contribution is 5.94. The van der Waals surface area contributed by atoms with Crippen LogP contribution in [-0.2, 0) is 0 Å². The van der Waals surface area contributed by atoms with Crippen LogP contribution in [0.3, 0.4) is 0 Å². The molecule has 1 heterocycles. The van der Waals surface area contributed by atoms with E-state index in [0.717, 1.165) is 16.5 Å². The van der Waals surface area contributed by atoms with Crippen molar-refractivity contribution in [2.75, 3.05) is 14.1 Å². The molecule has 0 saturated heterocycles. The molecule has 2 aromatic rings. The summed E-state index contributed by atoms with van der Waals surface area (Å²) in [6.45, 7) is 0. The Hall–Kier alpha value is -2.72. The first kappa shape index (κ1) is 11.8. The van der Waals surface area contributed by atoms with Crippen LogP contribution in [0.1, 0.15) is 5.56 Å². The van der Waals surface area contributed by atoms with Gasteiger partial charge >= 0.3 is 0 Å². The lowest BCUT2D eigenvalue weighted by Crippen LogP contribution is -2.11. The number of aromatic amines is 1. The molecule has 0 aliphatic carbocycles. The predicted octanol–water partition coefficient (Wildman–Crippen LogP) is 2.49. The van der Waals surface area contributed by atoms with Crippen LogP contribution in [-0.4, -0.2) is 24.0 Å². The highest BCUT2D eigenvalue weighted by Gasteiger charge is 2.15. The van der Waals surface area contributed by atoms with Crippen LogP contribution in [0.15, 0.2) is 36.0 Å². The molecule has 0 spiro atoms. The normalized spacial score (nSPS) is 9.56. The molecule has 0 atom stereocenters. The van der Waals surface area contributed by atoms with Gasteiger partial charge in [0.15, 0.2) is 5.57 Å². The maximum absolute atomic E-state index is 9.05. The zero-order valence-corrected chi connectivity index (χ0v) is 10.2. The molecule has 2 rings (SSSR count). The van der Waals surface area contributed by atoms with Gasteiger partial charge in [0, 0.05) is 36.8 Å². The summed E-state index contributed by atoms with van der Waals surface area (Å²) in [6.07, 6.45) is 1.83. The van der Waals surface area contributed by atoms with Gasteiger partial charge in [0.2, 0.25) is 0 Å². The van der Waals surface area contributed by atoms with Crippen molar-refractivity contribution in [1.29, 1.82) is 10.5 Å². The standard InChI is InChI=1S/C14H12N4/c1-18(2)14(10(7-15)8-16)12-9-17-13-6-4-3-5-11(12)13/h3-6,9,17H,1-2H3. The molecular weight excluding hydrogens is 224 g/mol. The second-order valence-corrected chi connectivity index (χ2v) is 4.09. The van der Waals surface area contributed by atoms with Gasteiger partial charge in [-0.25, -0.2) is 0 Å². The van der Waals surface area contributed by atoms with Crippen LogP contribution >= 0.6 is 0 Å². The Morgan fingerprint density at radius 1 is 1.17 bits per heavy atom. The quantitative estimate of drug-likeness (QED) is 0.814. The molecule has 0 saturated carbocycles. The summed E-state index contributed by atoms with van der Waals surface area (Å²) in [5, 5.41) is 19.1. The third-order valence-electron chi connectivity index (χ3n) is 2.75. The average Bonchev–Trinajstić information content (AvgIpc) is 2.79. The monoisotopic (exact) mass is 236 g/mol. The number of hydrogen-bond donors (Lipinski definition) is 1. The van der Waals surface area contributed by atoms with Gasteiger partial charge in [0.25, 0.3) is 0 Å². The molecule has 4 heteroatoms. The summed E-state index contributed by atoms with van der Waals surface area (Å²) < 4.78 is 0. The van der Waals surface area contributed by atoms with Crippen LogP contribution in [0.25, 0.3) is 16.6 Å². The zero-order chi connectivity index (χ0) is 13.1. The molecule has 0 aliphatic rings. The van der Waals surface area contributed by atoms with E-state index in [1.165, 1.54) is 0 Å². The SMILES string of the molecule is CN(C)C(=C(C#N)C#N)c1c[nH]c2ccccc12. The molecule has 0 amide bonds. The van der Waals surface area contributed by atoms with Crippen molar-refractivity contribution in [2.45, 2.75) is 0 Å². The number of nitrogens with zero attached hydrogens (tertiary/aromatic N) is 3. The number of aromatic nitrogens is 1. The molecule has 4 nitrogen and oxygen atoms in total. The Bertz CT molecular complexity index is 676. The number of fused-ring (bicyclic) bond motifs is 1. The van der Waals surface area contributed by atoms with Crippen molar-refractivity contribution in [1.82, 2.24) is 9.88 Å². The van der Waals surface area contributed by atoms with Gasteiger partial charge in [-0.2, -0.15) is 10.5 Å². The summed E-state index contributed by atoms with van der Waals surface area (Å²) in [4.78, 5) is 4.94. The summed E-state index contributed by atoms with van der Waals surface area (Å²) >= 11 is 0. The summed E-state index contributed by atoms with van der Waals surface area (Å²) in [6, 6.07) is 11.7. The van der Waals surface area contributed by atoms with Gasteiger partial charge in [-0.1, -0.05) is 18.2 Å². The molecule has 1 N–H and O–H groups in total. The molecule has 0 radical (unpaired) electrons. The highest BCUT2D eigenvalue weighted by atomic mass is 15.1. The first-order valence-electron chi connectivity index (χ1n) is 5.47. The van der Waals surface area contributed by atoms with E-state index in [1.54, 1.807) is 4.90 Å². The Kier molecular flexibility index (Phi) is 3.03. The maximum atomic E-state index is 9.05. The van der Waals surface area contributed by atoms with E-state index < -0.39 is 0 Å². The lowest BCUT2D eigenvalue weighted by molar-refractivity contribution is 0.591. The lowest BCUT2D eigenvalue weighted by atomic mass is 10.1. The fraction of sp³-hybridized carbons (Fsp3) is 0.143. The van der Waals surface area contributed by atoms with Crippen LogP contribution < -0.4 is 0 Å². The Morgan fingerprint density at radius 2 is 1.83 bits per heavy atom. The number of para-hydroxylation sites is 1. The minimum absolute atomic E-state index is 0.116. The number of allylic oxidation sites excluding steroid dienone is 1. The average molecular weight is 236 g/mol. The fourth-order valence-corrected chi connectivity index (χ4v) is 2.00. The number of H-pyrrole nitrogens is 1. The number of nitrogens with one attached hydrogen (secondary N) is 1. The maximum Gasteiger partial charge on any atom is 0.153 e. The smallest absolute Gasteiger partial charge is 0.153 e. The van der Waals surface area contributed by atoms with E-state index in [0.29, 0.717) is 5.70 Å².